The summed E-state index contributed by atoms with van der Waals surface area (Å²) in [5, 5.41) is 16.4. The highest BCUT2D eigenvalue weighted by molar-refractivity contribution is 6.05. The number of aliphatic carboxylic acids is 1. The number of pyridine rings is 1. The van der Waals surface area contributed by atoms with E-state index in [1.165, 1.54) is 13.4 Å². The third-order valence-corrected chi connectivity index (χ3v) is 5.48. The summed E-state index contributed by atoms with van der Waals surface area (Å²) in [4.78, 5) is 32.4. The van der Waals surface area contributed by atoms with E-state index in [-0.39, 0.29) is 23.7 Å². The number of ether oxygens (including phenoxy) is 1. The Labute approximate surface area is 172 Å². The quantitative estimate of drug-likeness (QED) is 0.577. The summed E-state index contributed by atoms with van der Waals surface area (Å²) < 4.78 is 6.77. The highest BCUT2D eigenvalue weighted by Gasteiger charge is 2.28. The molecule has 0 saturated heterocycles. The number of aromatic nitrogens is 4. The Morgan fingerprint density at radius 1 is 1.23 bits per heavy atom. The number of nitrogens with one attached hydrogen (secondary N) is 1. The number of carboxylic acid groups (broad SMARTS) is 1. The molecular weight excluding hydrogens is 388 g/mol. The molecule has 0 radical (unpaired) electrons. The zero-order chi connectivity index (χ0) is 21.3. The van der Waals surface area contributed by atoms with Crippen molar-refractivity contribution < 1.29 is 19.4 Å². The summed E-state index contributed by atoms with van der Waals surface area (Å²) in [6, 6.07) is 5.16. The first kappa shape index (κ1) is 19.6. The number of hydrogen-bond acceptors (Lipinski definition) is 7. The molecule has 30 heavy (non-hydrogen) atoms. The van der Waals surface area contributed by atoms with Crippen molar-refractivity contribution in [3.05, 3.63) is 36.3 Å². The molecule has 1 amide bonds. The number of carbonyl (C=O) groups excluding carboxylic acids is 1. The second-order valence-corrected chi connectivity index (χ2v) is 7.30. The summed E-state index contributed by atoms with van der Waals surface area (Å²) >= 11 is 0. The van der Waals surface area contributed by atoms with Crippen molar-refractivity contribution >= 4 is 23.2 Å². The second-order valence-electron chi connectivity index (χ2n) is 7.30. The average molecular weight is 410 g/mol. The monoisotopic (exact) mass is 410 g/mol. The van der Waals surface area contributed by atoms with Crippen LogP contribution in [0.1, 0.15) is 36.0 Å². The van der Waals surface area contributed by atoms with Gasteiger partial charge in [0.2, 0.25) is 5.88 Å². The van der Waals surface area contributed by atoms with Gasteiger partial charge in [-0.25, -0.2) is 14.5 Å². The van der Waals surface area contributed by atoms with Gasteiger partial charge in [-0.15, -0.1) is 0 Å². The number of carboxylic acids is 1. The molecular formula is C20H22N6O4. The highest BCUT2D eigenvalue weighted by atomic mass is 16.5. The van der Waals surface area contributed by atoms with E-state index in [1.807, 2.05) is 0 Å². The van der Waals surface area contributed by atoms with Gasteiger partial charge in [0, 0.05) is 23.9 Å². The summed E-state index contributed by atoms with van der Waals surface area (Å²) in [5.41, 5.74) is 8.26. The van der Waals surface area contributed by atoms with E-state index in [0.717, 1.165) is 5.56 Å². The minimum Gasteiger partial charge on any atom is -0.481 e. The van der Waals surface area contributed by atoms with Crippen molar-refractivity contribution in [3.63, 3.8) is 0 Å². The number of nitrogen functional groups attached to an aromatic ring is 1. The van der Waals surface area contributed by atoms with Gasteiger partial charge in [0.15, 0.2) is 5.82 Å². The maximum Gasteiger partial charge on any atom is 0.306 e. The Hall–Kier alpha value is -3.69. The van der Waals surface area contributed by atoms with Crippen LogP contribution in [0.15, 0.2) is 30.7 Å². The van der Waals surface area contributed by atoms with E-state index >= 15 is 0 Å². The van der Waals surface area contributed by atoms with Crippen LogP contribution in [0.4, 0.5) is 5.82 Å². The van der Waals surface area contributed by atoms with E-state index in [2.05, 4.69) is 20.4 Å². The molecule has 0 atom stereocenters. The molecule has 1 saturated carbocycles. The molecule has 1 aliphatic carbocycles. The van der Waals surface area contributed by atoms with Crippen molar-refractivity contribution in [3.8, 4) is 17.1 Å². The van der Waals surface area contributed by atoms with Crippen LogP contribution in [0.25, 0.3) is 16.8 Å². The molecule has 1 aliphatic rings. The minimum atomic E-state index is -0.777. The number of hydrogen-bond donors (Lipinski definition) is 3. The number of nitrogens with two attached hydrogens (primary N) is 1. The Bertz CT molecular complexity index is 1100. The van der Waals surface area contributed by atoms with Crippen LogP contribution in [0, 0.1) is 5.92 Å². The minimum absolute atomic E-state index is 0.0848. The van der Waals surface area contributed by atoms with Crippen LogP contribution in [0.2, 0.25) is 0 Å². The predicted octanol–water partition coefficient (Wildman–Crippen LogP) is 1.76. The highest BCUT2D eigenvalue weighted by Crippen LogP contribution is 2.30. The molecule has 3 aromatic rings. The van der Waals surface area contributed by atoms with Gasteiger partial charge >= 0.3 is 5.97 Å². The number of methoxy groups -OCH3 is 1. The Kier molecular flexibility index (Phi) is 5.21. The first-order chi connectivity index (χ1) is 14.5. The van der Waals surface area contributed by atoms with Crippen LogP contribution < -0.4 is 15.8 Å². The van der Waals surface area contributed by atoms with Crippen molar-refractivity contribution in [2.24, 2.45) is 5.92 Å². The van der Waals surface area contributed by atoms with E-state index in [4.69, 9.17) is 15.6 Å². The molecule has 4 rings (SSSR count). The van der Waals surface area contributed by atoms with Gasteiger partial charge < -0.3 is 20.9 Å². The van der Waals surface area contributed by atoms with Crippen LogP contribution in [-0.2, 0) is 4.79 Å². The summed E-state index contributed by atoms with van der Waals surface area (Å²) in [7, 11) is 1.53. The van der Waals surface area contributed by atoms with Crippen LogP contribution in [0.3, 0.4) is 0 Å². The Morgan fingerprint density at radius 2 is 2.00 bits per heavy atom. The molecule has 1 fully saturated rings. The van der Waals surface area contributed by atoms with Gasteiger partial charge in [-0.3, -0.25) is 9.59 Å². The lowest BCUT2D eigenvalue weighted by Crippen LogP contribution is -2.38. The topological polar surface area (TPSA) is 145 Å². The third-order valence-electron chi connectivity index (χ3n) is 5.48. The van der Waals surface area contributed by atoms with E-state index < -0.39 is 5.97 Å². The van der Waals surface area contributed by atoms with Crippen molar-refractivity contribution in [1.82, 2.24) is 24.9 Å². The largest absolute Gasteiger partial charge is 0.481 e. The van der Waals surface area contributed by atoms with Crippen molar-refractivity contribution in [1.29, 1.82) is 0 Å². The van der Waals surface area contributed by atoms with Gasteiger partial charge in [0.05, 0.1) is 24.3 Å². The lowest BCUT2D eigenvalue weighted by atomic mass is 9.86. The molecule has 3 heterocycles. The SMILES string of the molecule is COc1cc(-c2cc(C(=O)N[C@H]3CC[C@H](C(=O)O)CC3)c3c(N)ncnn23)ccn1. The molecule has 10 heteroatoms. The zero-order valence-electron chi connectivity index (χ0n) is 16.4. The number of fused-ring (bicyclic) bond motifs is 1. The van der Waals surface area contributed by atoms with Gasteiger partial charge in [0.1, 0.15) is 11.8 Å². The summed E-state index contributed by atoms with van der Waals surface area (Å²) in [6.45, 7) is 0. The molecule has 156 valence electrons. The lowest BCUT2D eigenvalue weighted by molar-refractivity contribution is -0.142. The molecule has 0 unspecified atom stereocenters. The number of anilines is 1. The van der Waals surface area contributed by atoms with Crippen molar-refractivity contribution in [2.75, 3.05) is 12.8 Å². The zero-order valence-corrected chi connectivity index (χ0v) is 16.4. The molecule has 0 spiro atoms. The fourth-order valence-corrected chi connectivity index (χ4v) is 3.87. The van der Waals surface area contributed by atoms with E-state index in [9.17, 15) is 9.59 Å². The van der Waals surface area contributed by atoms with Crippen molar-refractivity contribution in [2.45, 2.75) is 31.7 Å². The second kappa shape index (κ2) is 7.97. The molecule has 10 nitrogen and oxygen atoms in total. The maximum absolute atomic E-state index is 13.1. The average Bonchev–Trinajstić information content (AvgIpc) is 3.15. The third kappa shape index (κ3) is 3.63. The lowest BCUT2D eigenvalue weighted by Gasteiger charge is -2.26. The standard InChI is InChI=1S/C20H22N6O4/c1-30-16-8-12(6-7-22-16)15-9-14(17-18(21)23-10-24-26(15)17)19(27)25-13-4-2-11(3-5-13)20(28)29/h6-11,13H,2-5H2,1H3,(H,25,27)(H,28,29)(H2,21,23,24)/t11-,13-. The van der Waals surface area contributed by atoms with Gasteiger partial charge in [-0.05, 0) is 37.8 Å². The maximum atomic E-state index is 13.1. The number of nitrogens with zero attached hydrogens (tertiary/aromatic N) is 4. The Balaban J connectivity index is 1.66. The number of carbonyl (C=O) groups is 2. The van der Waals surface area contributed by atoms with E-state index in [1.54, 1.807) is 28.9 Å². The van der Waals surface area contributed by atoms with Gasteiger partial charge in [-0.1, -0.05) is 0 Å². The number of rotatable bonds is 5. The van der Waals surface area contributed by atoms with Gasteiger partial charge in [0.25, 0.3) is 5.91 Å². The summed E-state index contributed by atoms with van der Waals surface area (Å²) in [6.07, 6.45) is 5.27. The first-order valence-electron chi connectivity index (χ1n) is 9.64. The van der Waals surface area contributed by atoms with Crippen LogP contribution in [0.5, 0.6) is 5.88 Å². The molecule has 0 bridgehead atoms. The smallest absolute Gasteiger partial charge is 0.306 e. The fraction of sp³-hybridized carbons (Fsp3) is 0.350. The fourth-order valence-electron chi connectivity index (χ4n) is 3.87. The van der Waals surface area contributed by atoms with Gasteiger partial charge in [-0.2, -0.15) is 5.10 Å². The molecule has 0 aromatic carbocycles. The predicted molar refractivity (Wildman–Crippen MR) is 108 cm³/mol. The summed E-state index contributed by atoms with van der Waals surface area (Å²) in [5.74, 6) is -0.783. The molecule has 0 aliphatic heterocycles. The molecule has 4 N–H and O–H groups in total. The molecule has 3 aromatic heterocycles. The normalized spacial score (nSPS) is 18.8. The van der Waals surface area contributed by atoms with Crippen LogP contribution >= 0.6 is 0 Å². The van der Waals surface area contributed by atoms with E-state index in [0.29, 0.717) is 48.3 Å². The number of amides is 1. The first-order valence-corrected chi connectivity index (χ1v) is 9.64. The van der Waals surface area contributed by atoms with Crippen LogP contribution in [-0.4, -0.2) is 49.7 Å². The Morgan fingerprint density at radius 3 is 2.70 bits per heavy atom.